The summed E-state index contributed by atoms with van der Waals surface area (Å²) in [5.74, 6) is 0. The highest BCUT2D eigenvalue weighted by molar-refractivity contribution is 6.21. The first-order valence-electron chi connectivity index (χ1n) is 2.86. The number of halogens is 1. The van der Waals surface area contributed by atoms with Crippen LogP contribution in [0.4, 0.5) is 4.79 Å². The van der Waals surface area contributed by atoms with Gasteiger partial charge in [-0.3, -0.25) is 0 Å². The van der Waals surface area contributed by atoms with Crippen molar-refractivity contribution in [3.05, 3.63) is 12.7 Å². The van der Waals surface area contributed by atoms with Crippen LogP contribution in [0.2, 0.25) is 0 Å². The molecule has 1 heterocycles. The van der Waals surface area contributed by atoms with E-state index in [1.165, 1.54) is 0 Å². The first-order valence-corrected chi connectivity index (χ1v) is 3.20. The molecule has 0 aromatic rings. The van der Waals surface area contributed by atoms with Crippen LogP contribution < -0.4 is 0 Å². The van der Waals surface area contributed by atoms with E-state index >= 15 is 0 Å². The third-order valence-corrected chi connectivity index (χ3v) is 2.06. The molecular weight excluding hydrogens is 154 g/mol. The van der Waals surface area contributed by atoms with Crippen molar-refractivity contribution in [2.24, 2.45) is 0 Å². The summed E-state index contributed by atoms with van der Waals surface area (Å²) in [4.78, 5) is 10.7. The second kappa shape index (κ2) is 2.16. The van der Waals surface area contributed by atoms with E-state index in [2.05, 4.69) is 11.3 Å². The average molecular weight is 162 g/mol. The number of amides is 1. The highest BCUT2D eigenvalue weighted by atomic mass is 35.5. The van der Waals surface area contributed by atoms with E-state index in [1.807, 2.05) is 0 Å². The molecule has 0 aromatic carbocycles. The Morgan fingerprint density at radius 2 is 2.60 bits per heavy atom. The summed E-state index contributed by atoms with van der Waals surface area (Å²) < 4.78 is 5.67. The van der Waals surface area contributed by atoms with Gasteiger partial charge in [-0.2, -0.15) is 0 Å². The van der Waals surface area contributed by atoms with Crippen molar-refractivity contribution >= 4 is 17.9 Å². The zero-order chi connectivity index (χ0) is 7.78. The topological polar surface area (TPSA) is 29.5 Å². The van der Waals surface area contributed by atoms with Crippen LogP contribution in [0, 0.1) is 0 Å². The van der Waals surface area contributed by atoms with Crippen LogP contribution in [0.15, 0.2) is 12.7 Å². The predicted molar refractivity (Wildman–Crippen MR) is 37.6 cm³/mol. The third-order valence-electron chi connectivity index (χ3n) is 1.54. The Labute approximate surface area is 64.3 Å². The molecule has 0 saturated carbocycles. The second-order valence-corrected chi connectivity index (χ2v) is 2.73. The molecule has 1 aliphatic rings. The lowest BCUT2D eigenvalue weighted by Crippen LogP contribution is -2.35. The zero-order valence-corrected chi connectivity index (χ0v) is 6.39. The minimum absolute atomic E-state index is 0.277. The highest BCUT2D eigenvalue weighted by Crippen LogP contribution is 2.26. The molecule has 1 aliphatic heterocycles. The van der Waals surface area contributed by atoms with E-state index in [-0.39, 0.29) is 6.61 Å². The molecule has 4 heteroatoms. The van der Waals surface area contributed by atoms with Crippen molar-refractivity contribution in [1.82, 2.24) is 4.42 Å². The molecule has 1 atom stereocenters. The first-order chi connectivity index (χ1) is 4.60. The van der Waals surface area contributed by atoms with Gasteiger partial charge in [0.15, 0.2) is 0 Å². The first kappa shape index (κ1) is 7.41. The molecule has 10 heavy (non-hydrogen) atoms. The van der Waals surface area contributed by atoms with Gasteiger partial charge < -0.3 is 4.74 Å². The van der Waals surface area contributed by atoms with E-state index in [9.17, 15) is 4.79 Å². The highest BCUT2D eigenvalue weighted by Gasteiger charge is 2.40. The van der Waals surface area contributed by atoms with E-state index in [4.69, 9.17) is 11.8 Å². The van der Waals surface area contributed by atoms with Crippen LogP contribution in [0.3, 0.4) is 0 Å². The van der Waals surface area contributed by atoms with Crippen molar-refractivity contribution in [1.29, 1.82) is 0 Å². The predicted octanol–water partition coefficient (Wildman–Crippen LogP) is 1.54. The molecule has 56 valence electrons. The second-order valence-electron chi connectivity index (χ2n) is 2.40. The average Bonchev–Trinajstić information content (AvgIpc) is 2.19. The summed E-state index contributed by atoms with van der Waals surface area (Å²) in [6.45, 7) is 5.59. The van der Waals surface area contributed by atoms with Gasteiger partial charge in [0, 0.05) is 11.8 Å². The van der Waals surface area contributed by atoms with E-state index in [0.29, 0.717) is 0 Å². The fourth-order valence-corrected chi connectivity index (χ4v) is 0.835. The molecule has 1 rings (SSSR count). The minimum Gasteiger partial charge on any atom is -0.446 e. The summed E-state index contributed by atoms with van der Waals surface area (Å²) in [5, 5.41) is 0. The molecule has 1 fully saturated rings. The SMILES string of the molecule is C=CC1(C)COC(=O)N1Cl. The molecule has 1 unspecified atom stereocenters. The van der Waals surface area contributed by atoms with Crippen LogP contribution >= 0.6 is 11.8 Å². The lowest BCUT2D eigenvalue weighted by molar-refractivity contribution is 0.170. The van der Waals surface area contributed by atoms with E-state index in [0.717, 1.165) is 4.42 Å². The van der Waals surface area contributed by atoms with Crippen molar-refractivity contribution in [2.75, 3.05) is 6.61 Å². The Balaban J connectivity index is 2.82. The Morgan fingerprint density at radius 1 is 2.00 bits per heavy atom. The largest absolute Gasteiger partial charge is 0.446 e. The van der Waals surface area contributed by atoms with Crippen LogP contribution in [-0.4, -0.2) is 22.7 Å². The molecule has 1 saturated heterocycles. The Kier molecular flexibility index (Phi) is 1.60. The summed E-state index contributed by atoms with van der Waals surface area (Å²) in [5.41, 5.74) is -0.543. The van der Waals surface area contributed by atoms with E-state index < -0.39 is 11.6 Å². The maximum Gasteiger partial charge on any atom is 0.425 e. The molecule has 0 N–H and O–H groups in total. The monoisotopic (exact) mass is 161 g/mol. The quantitative estimate of drug-likeness (QED) is 0.431. The Morgan fingerprint density at radius 3 is 2.80 bits per heavy atom. The maximum atomic E-state index is 10.7. The summed E-state index contributed by atoms with van der Waals surface area (Å²) in [6, 6.07) is 0. The van der Waals surface area contributed by atoms with Gasteiger partial charge in [-0.05, 0) is 6.92 Å². The number of rotatable bonds is 1. The number of nitrogens with zero attached hydrogens (tertiary/aromatic N) is 1. The summed E-state index contributed by atoms with van der Waals surface area (Å²) >= 11 is 5.56. The summed E-state index contributed by atoms with van der Waals surface area (Å²) in [7, 11) is 0. The standard InChI is InChI=1S/C6H8ClNO2/c1-3-6(2)4-10-5(9)8(6)7/h3H,1,4H2,2H3. The van der Waals surface area contributed by atoms with Crippen LogP contribution in [0.1, 0.15) is 6.92 Å². The lowest BCUT2D eigenvalue weighted by Gasteiger charge is -2.20. The maximum absolute atomic E-state index is 10.7. The Hall–Kier alpha value is -0.700. The van der Waals surface area contributed by atoms with Crippen LogP contribution in [0.25, 0.3) is 0 Å². The van der Waals surface area contributed by atoms with Crippen molar-refractivity contribution in [3.63, 3.8) is 0 Å². The number of hydrogen-bond acceptors (Lipinski definition) is 2. The molecule has 3 nitrogen and oxygen atoms in total. The zero-order valence-electron chi connectivity index (χ0n) is 5.63. The van der Waals surface area contributed by atoms with Gasteiger partial charge in [0.05, 0.1) is 0 Å². The van der Waals surface area contributed by atoms with Crippen molar-refractivity contribution < 1.29 is 9.53 Å². The van der Waals surface area contributed by atoms with Crippen LogP contribution in [0.5, 0.6) is 0 Å². The smallest absolute Gasteiger partial charge is 0.425 e. The number of cyclic esters (lactones) is 1. The summed E-state index contributed by atoms with van der Waals surface area (Å²) in [6.07, 6.45) is 1.08. The third kappa shape index (κ3) is 0.865. The van der Waals surface area contributed by atoms with Crippen LogP contribution in [-0.2, 0) is 4.74 Å². The number of hydrogen-bond donors (Lipinski definition) is 0. The van der Waals surface area contributed by atoms with Gasteiger partial charge in [-0.25, -0.2) is 9.21 Å². The van der Waals surface area contributed by atoms with Gasteiger partial charge in [0.2, 0.25) is 0 Å². The molecule has 0 spiro atoms. The molecular formula is C6H8ClNO2. The molecule has 0 aromatic heterocycles. The van der Waals surface area contributed by atoms with Gasteiger partial charge in [0.1, 0.15) is 12.1 Å². The normalized spacial score (nSPS) is 32.2. The van der Waals surface area contributed by atoms with Crippen molar-refractivity contribution in [2.45, 2.75) is 12.5 Å². The van der Waals surface area contributed by atoms with Crippen molar-refractivity contribution in [3.8, 4) is 0 Å². The van der Waals surface area contributed by atoms with Gasteiger partial charge >= 0.3 is 6.09 Å². The van der Waals surface area contributed by atoms with Gasteiger partial charge in [-0.1, -0.05) is 6.08 Å². The van der Waals surface area contributed by atoms with E-state index in [1.54, 1.807) is 13.0 Å². The molecule has 1 amide bonds. The number of ether oxygens (including phenoxy) is 1. The number of carbonyl (C=O) groups excluding carboxylic acids is 1. The minimum atomic E-state index is -0.543. The molecule has 0 bridgehead atoms. The van der Waals surface area contributed by atoms with Gasteiger partial charge in [-0.15, -0.1) is 6.58 Å². The lowest BCUT2D eigenvalue weighted by atomic mass is 10.1. The number of carbonyl (C=O) groups is 1. The molecule has 0 radical (unpaired) electrons. The Bertz CT molecular complexity index is 183. The fourth-order valence-electron chi connectivity index (χ4n) is 0.669. The van der Waals surface area contributed by atoms with Gasteiger partial charge in [0.25, 0.3) is 0 Å². The fraction of sp³-hybridized carbons (Fsp3) is 0.500. The molecule has 0 aliphatic carbocycles.